The molecule has 0 aromatic heterocycles. The topological polar surface area (TPSA) is 87.5 Å². The second-order valence-electron chi connectivity index (χ2n) is 7.25. The molecule has 0 saturated heterocycles. The number of amides is 1. The number of ketones is 1. The minimum Gasteiger partial charge on any atom is -0.452 e. The van der Waals surface area contributed by atoms with Crippen molar-refractivity contribution in [3.8, 4) is 6.07 Å². The molecule has 0 aliphatic carbocycles. The molecule has 6 nitrogen and oxygen atoms in total. The molecule has 7 heteroatoms. The summed E-state index contributed by atoms with van der Waals surface area (Å²) < 4.78 is 18.4. The quantitative estimate of drug-likeness (QED) is 0.378. The minimum atomic E-state index is -0.821. The number of ether oxygens (including phenoxy) is 1. The molecule has 0 fully saturated rings. The molecule has 0 atom stereocenters. The summed E-state index contributed by atoms with van der Waals surface area (Å²) in [6.07, 6.45) is 0.0466. The van der Waals surface area contributed by atoms with Gasteiger partial charge < -0.3 is 9.64 Å². The average Bonchev–Trinajstić information content (AvgIpc) is 2.83. The lowest BCUT2D eigenvalue weighted by molar-refractivity contribution is -0.121. The van der Waals surface area contributed by atoms with E-state index in [2.05, 4.69) is 0 Å². The number of esters is 1. The van der Waals surface area contributed by atoms with Crippen LogP contribution in [0.1, 0.15) is 38.3 Å². The predicted octanol–water partition coefficient (Wildman–Crippen LogP) is 4.47. The Balaban J connectivity index is 1.75. The van der Waals surface area contributed by atoms with Gasteiger partial charge >= 0.3 is 5.97 Å². The third kappa shape index (κ3) is 5.89. The molecule has 1 amide bonds. The van der Waals surface area contributed by atoms with E-state index in [1.807, 2.05) is 13.0 Å². The van der Waals surface area contributed by atoms with Crippen LogP contribution in [0.4, 0.5) is 10.1 Å². The normalized spacial score (nSPS) is 10.2. The molecule has 0 saturated carbocycles. The third-order valence-corrected chi connectivity index (χ3v) is 4.92. The first-order valence-corrected chi connectivity index (χ1v) is 10.2. The van der Waals surface area contributed by atoms with E-state index in [0.717, 1.165) is 5.56 Å². The van der Waals surface area contributed by atoms with Gasteiger partial charge in [0.2, 0.25) is 0 Å². The molecule has 0 aliphatic heterocycles. The summed E-state index contributed by atoms with van der Waals surface area (Å²) in [6, 6.07) is 20.3. The molecular formula is C26H21FN2O4. The summed E-state index contributed by atoms with van der Waals surface area (Å²) in [7, 11) is 0. The highest BCUT2D eigenvalue weighted by Gasteiger charge is 2.22. The van der Waals surface area contributed by atoms with Crippen LogP contribution in [0.25, 0.3) is 0 Å². The van der Waals surface area contributed by atoms with E-state index in [9.17, 15) is 18.8 Å². The first-order valence-electron chi connectivity index (χ1n) is 10.2. The summed E-state index contributed by atoms with van der Waals surface area (Å²) in [6.45, 7) is 1.36. The van der Waals surface area contributed by atoms with E-state index >= 15 is 0 Å². The monoisotopic (exact) mass is 444 g/mol. The van der Waals surface area contributed by atoms with Crippen LogP contribution in [-0.4, -0.2) is 30.8 Å². The lowest BCUT2D eigenvalue weighted by atomic mass is 9.98. The van der Waals surface area contributed by atoms with Crippen LogP contribution in [0, 0.1) is 24.1 Å². The number of hydrogen-bond acceptors (Lipinski definition) is 5. The lowest BCUT2D eigenvalue weighted by Gasteiger charge is -2.21. The van der Waals surface area contributed by atoms with E-state index in [-0.39, 0.29) is 29.9 Å². The molecular weight excluding hydrogens is 423 g/mol. The molecule has 3 aromatic rings. The Bertz CT molecular complexity index is 1200. The van der Waals surface area contributed by atoms with Crippen molar-refractivity contribution in [3.05, 3.63) is 101 Å². The van der Waals surface area contributed by atoms with E-state index in [4.69, 9.17) is 10.00 Å². The van der Waals surface area contributed by atoms with Gasteiger partial charge in [-0.1, -0.05) is 48.0 Å². The van der Waals surface area contributed by atoms with Gasteiger partial charge in [-0.3, -0.25) is 9.59 Å². The van der Waals surface area contributed by atoms with E-state index < -0.39 is 24.3 Å². The van der Waals surface area contributed by atoms with Crippen LogP contribution in [0.15, 0.2) is 72.8 Å². The van der Waals surface area contributed by atoms with Crippen molar-refractivity contribution in [3.63, 3.8) is 0 Å². The van der Waals surface area contributed by atoms with Gasteiger partial charge in [-0.05, 0) is 37.3 Å². The summed E-state index contributed by atoms with van der Waals surface area (Å²) in [5.41, 5.74) is 2.01. The molecule has 3 rings (SSSR count). The Morgan fingerprint density at radius 2 is 1.58 bits per heavy atom. The van der Waals surface area contributed by atoms with Gasteiger partial charge in [0.25, 0.3) is 5.91 Å². The molecule has 0 heterocycles. The highest BCUT2D eigenvalue weighted by atomic mass is 19.1. The van der Waals surface area contributed by atoms with Gasteiger partial charge in [0.05, 0.1) is 18.1 Å². The Morgan fingerprint density at radius 3 is 2.21 bits per heavy atom. The number of benzene rings is 3. The fourth-order valence-corrected chi connectivity index (χ4v) is 3.18. The molecule has 0 bridgehead atoms. The number of anilines is 1. The number of carbonyl (C=O) groups excluding carboxylic acids is 3. The number of rotatable bonds is 8. The Morgan fingerprint density at radius 1 is 0.939 bits per heavy atom. The standard InChI is InChI=1S/C26H21FN2O4/c1-18-7-9-19(10-8-18)25(31)22-5-2-3-6-23(22)26(32)33-17-24(30)29(16-4-15-28)21-13-11-20(27)12-14-21/h2-3,5-14H,4,16-17H2,1H3. The van der Waals surface area contributed by atoms with Gasteiger partial charge in [-0.15, -0.1) is 0 Å². The summed E-state index contributed by atoms with van der Waals surface area (Å²) >= 11 is 0. The van der Waals surface area contributed by atoms with Crippen LogP contribution in [0.2, 0.25) is 0 Å². The molecule has 33 heavy (non-hydrogen) atoms. The molecule has 166 valence electrons. The van der Waals surface area contributed by atoms with Gasteiger partial charge in [-0.25, -0.2) is 9.18 Å². The zero-order valence-electron chi connectivity index (χ0n) is 18.0. The molecule has 0 radical (unpaired) electrons. The van der Waals surface area contributed by atoms with Crippen molar-refractivity contribution in [2.75, 3.05) is 18.1 Å². The first-order chi connectivity index (χ1) is 15.9. The average molecular weight is 444 g/mol. The van der Waals surface area contributed by atoms with Crippen molar-refractivity contribution in [1.82, 2.24) is 0 Å². The SMILES string of the molecule is Cc1ccc(C(=O)c2ccccc2C(=O)OCC(=O)N(CCC#N)c2ccc(F)cc2)cc1. The summed E-state index contributed by atoms with van der Waals surface area (Å²) in [4.78, 5) is 39.6. The molecule has 0 unspecified atom stereocenters. The van der Waals surface area contributed by atoms with Crippen molar-refractivity contribution in [1.29, 1.82) is 5.26 Å². The van der Waals surface area contributed by atoms with Crippen LogP contribution in [0.5, 0.6) is 0 Å². The number of nitrogens with zero attached hydrogens (tertiary/aromatic N) is 2. The van der Waals surface area contributed by atoms with Crippen LogP contribution < -0.4 is 4.90 Å². The Kier molecular flexibility index (Phi) is 7.66. The van der Waals surface area contributed by atoms with Crippen LogP contribution in [-0.2, 0) is 9.53 Å². The molecule has 0 spiro atoms. The molecule has 3 aromatic carbocycles. The molecule has 0 aliphatic rings. The fourth-order valence-electron chi connectivity index (χ4n) is 3.18. The zero-order chi connectivity index (χ0) is 23.8. The third-order valence-electron chi connectivity index (χ3n) is 4.92. The largest absolute Gasteiger partial charge is 0.452 e. The van der Waals surface area contributed by atoms with Gasteiger partial charge in [0, 0.05) is 23.4 Å². The van der Waals surface area contributed by atoms with Gasteiger partial charge in [0.15, 0.2) is 12.4 Å². The predicted molar refractivity (Wildman–Crippen MR) is 120 cm³/mol. The minimum absolute atomic E-state index is 0.0428. The number of hydrogen-bond donors (Lipinski definition) is 0. The maximum Gasteiger partial charge on any atom is 0.339 e. The Hall–Kier alpha value is -4.31. The smallest absolute Gasteiger partial charge is 0.339 e. The maximum absolute atomic E-state index is 13.2. The van der Waals surface area contributed by atoms with Crippen molar-refractivity contribution < 1.29 is 23.5 Å². The summed E-state index contributed by atoms with van der Waals surface area (Å²) in [5.74, 6) is -2.20. The number of halogens is 1. The van der Waals surface area contributed by atoms with Crippen LogP contribution >= 0.6 is 0 Å². The number of carbonyl (C=O) groups is 3. The number of nitriles is 1. The van der Waals surface area contributed by atoms with E-state index in [1.54, 1.807) is 36.4 Å². The van der Waals surface area contributed by atoms with Gasteiger partial charge in [-0.2, -0.15) is 5.26 Å². The highest BCUT2D eigenvalue weighted by molar-refractivity contribution is 6.14. The number of aryl methyl sites for hydroxylation is 1. The van der Waals surface area contributed by atoms with Crippen molar-refractivity contribution in [2.24, 2.45) is 0 Å². The Labute approximate surface area is 190 Å². The van der Waals surface area contributed by atoms with E-state index in [0.29, 0.717) is 11.3 Å². The van der Waals surface area contributed by atoms with Crippen molar-refractivity contribution in [2.45, 2.75) is 13.3 Å². The second kappa shape index (κ2) is 10.8. The second-order valence-corrected chi connectivity index (χ2v) is 7.25. The first kappa shape index (κ1) is 23.4. The maximum atomic E-state index is 13.2. The van der Waals surface area contributed by atoms with Crippen LogP contribution in [0.3, 0.4) is 0 Å². The molecule has 0 N–H and O–H groups in total. The fraction of sp³-hybridized carbons (Fsp3) is 0.154. The van der Waals surface area contributed by atoms with Crippen molar-refractivity contribution >= 4 is 23.3 Å². The van der Waals surface area contributed by atoms with E-state index in [1.165, 1.54) is 41.3 Å². The van der Waals surface area contributed by atoms with Gasteiger partial charge in [0.1, 0.15) is 5.82 Å². The zero-order valence-corrected chi connectivity index (χ0v) is 18.0. The highest BCUT2D eigenvalue weighted by Crippen LogP contribution is 2.18. The summed E-state index contributed by atoms with van der Waals surface area (Å²) in [5, 5.41) is 8.88. The lowest BCUT2D eigenvalue weighted by Crippen LogP contribution is -2.35.